The topological polar surface area (TPSA) is 0 Å². The monoisotopic (exact) mass is 280 g/mol. The molecule has 0 saturated heterocycles. The van der Waals surface area contributed by atoms with E-state index in [4.69, 9.17) is 0 Å². The van der Waals surface area contributed by atoms with Crippen LogP contribution in [0.25, 0.3) is 10.1 Å². The van der Waals surface area contributed by atoms with Crippen LogP contribution in [0.5, 0.6) is 0 Å². The maximum atomic E-state index is 12.4. The number of hydrogen-bond acceptors (Lipinski definition) is 2. The van der Waals surface area contributed by atoms with Gasteiger partial charge in [0.15, 0.2) is 4.21 Å². The van der Waals surface area contributed by atoms with E-state index in [-0.39, 0.29) is 16.7 Å². The summed E-state index contributed by atoms with van der Waals surface area (Å²) in [6, 6.07) is 0.533. The van der Waals surface area contributed by atoms with Crippen LogP contribution >= 0.6 is 32.9 Å². The third kappa shape index (κ3) is 1.98. The van der Waals surface area contributed by atoms with Crippen LogP contribution in [0.3, 0.4) is 0 Å². The molecule has 0 spiro atoms. The number of halogens is 5. The first kappa shape index (κ1) is 11.2. The number of aryl methyl sites for hydroxylation is 1. The molecule has 0 saturated carbocycles. The Hall–Kier alpha value is -0.340. The van der Waals surface area contributed by atoms with Crippen LogP contribution in [0.4, 0.5) is 19.4 Å². The van der Waals surface area contributed by atoms with Crippen molar-refractivity contribution in [2.24, 2.45) is 0 Å². The maximum Gasteiger partial charge on any atom is 0.318 e. The quantitative estimate of drug-likeness (QED) is 0.568. The van der Waals surface area contributed by atoms with Crippen molar-refractivity contribution in [3.63, 3.8) is 0 Å². The van der Waals surface area contributed by atoms with E-state index in [1.165, 1.54) is 16.7 Å². The molecular formula is C7H5F5S3. The SMILES string of the molecule is Cc1scc2cc(S(F)(F)(F)(F)F)sc12. The Morgan fingerprint density at radius 3 is 2.20 bits per heavy atom. The van der Waals surface area contributed by atoms with Crippen molar-refractivity contribution >= 4 is 43.0 Å². The van der Waals surface area contributed by atoms with E-state index in [9.17, 15) is 19.4 Å². The summed E-state index contributed by atoms with van der Waals surface area (Å²) in [7, 11) is -9.48. The first-order chi connectivity index (χ1) is 6.47. The van der Waals surface area contributed by atoms with Crippen molar-refractivity contribution in [1.29, 1.82) is 0 Å². The molecule has 0 aliphatic rings. The van der Waals surface area contributed by atoms with Gasteiger partial charge in [-0.2, -0.15) is 0 Å². The van der Waals surface area contributed by atoms with Gasteiger partial charge in [0, 0.05) is 15.0 Å². The van der Waals surface area contributed by atoms with Gasteiger partial charge in [0.25, 0.3) is 0 Å². The summed E-state index contributed by atoms with van der Waals surface area (Å²) >= 11 is 1.38. The van der Waals surface area contributed by atoms with E-state index in [1.54, 1.807) is 6.92 Å². The maximum absolute atomic E-state index is 12.4. The summed E-state index contributed by atoms with van der Waals surface area (Å²) in [6.45, 7) is 1.61. The van der Waals surface area contributed by atoms with Crippen molar-refractivity contribution in [2.45, 2.75) is 11.1 Å². The molecule has 0 atom stereocenters. The van der Waals surface area contributed by atoms with E-state index in [0.29, 0.717) is 15.6 Å². The zero-order valence-corrected chi connectivity index (χ0v) is 9.72. The fraction of sp³-hybridized carbons (Fsp3) is 0.143. The van der Waals surface area contributed by atoms with E-state index in [0.717, 1.165) is 0 Å². The highest BCUT2D eigenvalue weighted by atomic mass is 32.5. The molecule has 0 radical (unpaired) electrons. The van der Waals surface area contributed by atoms with Crippen LogP contribution < -0.4 is 0 Å². The molecule has 0 N–H and O–H groups in total. The minimum Gasteiger partial charge on any atom is -0.147 e. The van der Waals surface area contributed by atoms with Gasteiger partial charge >= 0.3 is 10.2 Å². The van der Waals surface area contributed by atoms with Gasteiger partial charge in [-0.05, 0) is 18.4 Å². The average Bonchev–Trinajstić information content (AvgIpc) is 2.48. The Kier molecular flexibility index (Phi) is 1.73. The standard InChI is InChI=1S/C7H5F5S3/c1-4-7-5(3-13-4)2-6(14-7)15(8,9,10,11)12/h2-3H,1H3. The van der Waals surface area contributed by atoms with Gasteiger partial charge in [-0.25, -0.2) is 0 Å². The molecule has 0 aliphatic heterocycles. The number of thiophene rings is 2. The first-order valence-corrected chi connectivity index (χ1v) is 7.34. The molecule has 86 valence electrons. The molecule has 2 aromatic rings. The molecular weight excluding hydrogens is 275 g/mol. The predicted molar refractivity (Wildman–Crippen MR) is 55.8 cm³/mol. The Morgan fingerprint density at radius 1 is 1.13 bits per heavy atom. The zero-order chi connectivity index (χ0) is 11.5. The third-order valence-electron chi connectivity index (χ3n) is 1.80. The lowest BCUT2D eigenvalue weighted by atomic mass is 10.4. The molecule has 0 fully saturated rings. The second-order valence-corrected chi connectivity index (χ2v) is 7.88. The van der Waals surface area contributed by atoms with E-state index >= 15 is 0 Å². The fourth-order valence-corrected chi connectivity index (χ4v) is 4.19. The second kappa shape index (κ2) is 2.33. The van der Waals surface area contributed by atoms with Gasteiger partial charge in [-0.1, -0.05) is 19.4 Å². The highest BCUT2D eigenvalue weighted by Gasteiger charge is 2.66. The number of rotatable bonds is 1. The van der Waals surface area contributed by atoms with Gasteiger partial charge < -0.3 is 0 Å². The highest BCUT2D eigenvalue weighted by Crippen LogP contribution is 3.03. The number of fused-ring (bicyclic) bond motifs is 1. The van der Waals surface area contributed by atoms with Gasteiger partial charge in [0.05, 0.1) is 0 Å². The summed E-state index contributed by atoms with van der Waals surface area (Å²) in [6.07, 6.45) is 0. The van der Waals surface area contributed by atoms with Gasteiger partial charge in [0.2, 0.25) is 0 Å². The van der Waals surface area contributed by atoms with Crippen LogP contribution in [0.2, 0.25) is 0 Å². The van der Waals surface area contributed by atoms with Crippen molar-refractivity contribution in [3.05, 3.63) is 16.3 Å². The van der Waals surface area contributed by atoms with Gasteiger partial charge in [-0.15, -0.1) is 22.7 Å². The highest BCUT2D eigenvalue weighted by molar-refractivity contribution is 8.46. The van der Waals surface area contributed by atoms with Crippen LogP contribution in [0, 0.1) is 6.92 Å². The van der Waals surface area contributed by atoms with E-state index in [1.807, 2.05) is 0 Å². The molecule has 2 rings (SSSR count). The van der Waals surface area contributed by atoms with Crippen molar-refractivity contribution in [3.8, 4) is 0 Å². The van der Waals surface area contributed by atoms with Crippen molar-refractivity contribution in [1.82, 2.24) is 0 Å². The molecule has 2 aromatic heterocycles. The molecule has 0 aromatic carbocycles. The van der Waals surface area contributed by atoms with Crippen LogP contribution in [-0.4, -0.2) is 0 Å². The van der Waals surface area contributed by atoms with Crippen LogP contribution in [0.1, 0.15) is 4.88 Å². The minimum absolute atomic E-state index is 0.123. The normalized spacial score (nSPS) is 17.7. The minimum atomic E-state index is -9.48. The van der Waals surface area contributed by atoms with Crippen molar-refractivity contribution < 1.29 is 19.4 Å². The smallest absolute Gasteiger partial charge is 0.147 e. The Balaban J connectivity index is 2.76. The molecule has 0 amide bonds. The molecule has 2 heterocycles. The summed E-state index contributed by atoms with van der Waals surface area (Å²) in [5.74, 6) is 0. The van der Waals surface area contributed by atoms with Crippen LogP contribution in [0.15, 0.2) is 15.7 Å². The average molecular weight is 280 g/mol. The third-order valence-corrected chi connectivity index (χ3v) is 6.00. The lowest BCUT2D eigenvalue weighted by Crippen LogP contribution is -2.02. The molecule has 0 nitrogen and oxygen atoms in total. The second-order valence-electron chi connectivity index (χ2n) is 3.11. The lowest BCUT2D eigenvalue weighted by Gasteiger charge is -2.38. The molecule has 15 heavy (non-hydrogen) atoms. The lowest BCUT2D eigenvalue weighted by molar-refractivity contribution is 0.368. The Labute approximate surface area is 90.1 Å². The van der Waals surface area contributed by atoms with Gasteiger partial charge in [-0.3, -0.25) is 0 Å². The van der Waals surface area contributed by atoms with Crippen molar-refractivity contribution in [2.75, 3.05) is 0 Å². The zero-order valence-electron chi connectivity index (χ0n) is 7.27. The summed E-state index contributed by atoms with van der Waals surface area (Å²) in [5.41, 5.74) is 0. The molecule has 0 aliphatic carbocycles. The van der Waals surface area contributed by atoms with Crippen LogP contribution in [-0.2, 0) is 0 Å². The van der Waals surface area contributed by atoms with Gasteiger partial charge in [0.1, 0.15) is 0 Å². The summed E-state index contributed by atoms with van der Waals surface area (Å²) in [5, 5.41) is 1.69. The summed E-state index contributed by atoms with van der Waals surface area (Å²) in [4.78, 5) is 0.628. The first-order valence-electron chi connectivity index (χ1n) is 3.69. The molecule has 8 heteroatoms. The fourth-order valence-electron chi connectivity index (χ4n) is 1.14. The van der Waals surface area contributed by atoms with E-state index < -0.39 is 14.4 Å². The molecule has 0 unspecified atom stereocenters. The molecule has 0 bridgehead atoms. The summed E-state index contributed by atoms with van der Waals surface area (Å²) < 4.78 is 60.6. The largest absolute Gasteiger partial charge is 0.318 e. The number of hydrogen-bond donors (Lipinski definition) is 0. The Morgan fingerprint density at radius 2 is 1.73 bits per heavy atom. The van der Waals surface area contributed by atoms with E-state index in [2.05, 4.69) is 0 Å². The Bertz CT molecular complexity index is 531. The predicted octanol–water partition coefficient (Wildman–Crippen LogP) is 5.93.